The standard InChI is InChI=1S/C57H39N7/c1-34-15-21-50-43(27-34)44-28-35(2)16-22-51(44)63(50)49-25-19-39(31-41(49)33-58)56-60-55(38-11-7-6-8-12-38)61-57(62-56)40-20-26-54(47(32-40)42-13-9-10-14-48(42)59-5)64-52-23-17-36(3)29-45(52)46-30-37(4)18-24-53(46)64/h6-32H,1-4H3. The van der Waals surface area contributed by atoms with Gasteiger partial charge in [0.15, 0.2) is 23.2 Å². The summed E-state index contributed by atoms with van der Waals surface area (Å²) in [7, 11) is 0. The Morgan fingerprint density at radius 1 is 0.438 bits per heavy atom. The molecular weight excluding hydrogens is 783 g/mol. The molecule has 64 heavy (non-hydrogen) atoms. The molecule has 3 aromatic heterocycles. The molecule has 3 heterocycles. The molecular formula is C57H39N7. The van der Waals surface area contributed by atoms with E-state index in [2.05, 4.69) is 139 Å². The Balaban J connectivity index is 1.12. The number of fused-ring (bicyclic) bond motifs is 6. The molecule has 7 heteroatoms. The summed E-state index contributed by atoms with van der Waals surface area (Å²) in [6, 6.07) is 58.4. The van der Waals surface area contributed by atoms with E-state index in [4.69, 9.17) is 21.5 Å². The lowest BCUT2D eigenvalue weighted by molar-refractivity contribution is 1.07. The number of aryl methyl sites for hydroxylation is 4. The van der Waals surface area contributed by atoms with Gasteiger partial charge in [-0.1, -0.05) is 101 Å². The lowest BCUT2D eigenvalue weighted by Crippen LogP contribution is -2.03. The zero-order chi connectivity index (χ0) is 43.6. The van der Waals surface area contributed by atoms with Crippen molar-refractivity contribution in [2.24, 2.45) is 0 Å². The first-order valence-electron chi connectivity index (χ1n) is 21.3. The molecule has 0 unspecified atom stereocenters. The molecule has 0 bridgehead atoms. The molecule has 0 radical (unpaired) electrons. The molecule has 0 aliphatic heterocycles. The van der Waals surface area contributed by atoms with Gasteiger partial charge in [0.25, 0.3) is 0 Å². The molecule has 0 spiro atoms. The van der Waals surface area contributed by atoms with Gasteiger partial charge in [-0.05, 0) is 124 Å². The predicted molar refractivity (Wildman–Crippen MR) is 260 cm³/mol. The van der Waals surface area contributed by atoms with Crippen molar-refractivity contribution in [2.45, 2.75) is 27.7 Å². The summed E-state index contributed by atoms with van der Waals surface area (Å²) in [6.07, 6.45) is 0. The van der Waals surface area contributed by atoms with E-state index in [1.54, 1.807) is 0 Å². The second-order valence-corrected chi connectivity index (χ2v) is 16.6. The number of aromatic nitrogens is 5. The topological polar surface area (TPSA) is 76.7 Å². The zero-order valence-corrected chi connectivity index (χ0v) is 35.7. The van der Waals surface area contributed by atoms with E-state index >= 15 is 0 Å². The van der Waals surface area contributed by atoms with E-state index in [1.807, 2.05) is 72.8 Å². The second kappa shape index (κ2) is 15.1. The predicted octanol–water partition coefficient (Wildman–Crippen LogP) is 14.4. The smallest absolute Gasteiger partial charge is 0.194 e. The molecule has 0 fully saturated rings. The average Bonchev–Trinajstić information content (AvgIpc) is 3.81. The van der Waals surface area contributed by atoms with Crippen LogP contribution in [0.4, 0.5) is 5.69 Å². The summed E-state index contributed by atoms with van der Waals surface area (Å²) in [5.74, 6) is 1.43. The van der Waals surface area contributed by atoms with E-state index < -0.39 is 0 Å². The Bertz CT molecular complexity index is 3680. The van der Waals surface area contributed by atoms with E-state index in [-0.39, 0.29) is 0 Å². The van der Waals surface area contributed by atoms with Gasteiger partial charge in [0.05, 0.1) is 45.6 Å². The third-order valence-electron chi connectivity index (χ3n) is 12.2. The highest BCUT2D eigenvalue weighted by Crippen LogP contribution is 2.42. The molecule has 11 rings (SSSR count). The van der Waals surface area contributed by atoms with Crippen molar-refractivity contribution in [3.63, 3.8) is 0 Å². The van der Waals surface area contributed by atoms with Gasteiger partial charge in [-0.15, -0.1) is 0 Å². The van der Waals surface area contributed by atoms with Gasteiger partial charge >= 0.3 is 0 Å². The Labute approximate surface area is 370 Å². The molecule has 0 saturated heterocycles. The Hall–Kier alpha value is -8.65. The Morgan fingerprint density at radius 3 is 1.38 bits per heavy atom. The number of hydrogen-bond acceptors (Lipinski definition) is 4. The highest BCUT2D eigenvalue weighted by Gasteiger charge is 2.22. The molecule has 0 saturated carbocycles. The number of nitrogens with zero attached hydrogens (tertiary/aromatic N) is 7. The van der Waals surface area contributed by atoms with Crippen LogP contribution in [0.2, 0.25) is 0 Å². The maximum atomic E-state index is 10.8. The van der Waals surface area contributed by atoms with Crippen LogP contribution in [0.25, 0.3) is 105 Å². The number of benzene rings is 8. The normalized spacial score (nSPS) is 11.4. The summed E-state index contributed by atoms with van der Waals surface area (Å²) < 4.78 is 4.49. The first kappa shape index (κ1) is 38.3. The fourth-order valence-electron chi connectivity index (χ4n) is 9.22. The fraction of sp³-hybridized carbons (Fsp3) is 0.0702. The zero-order valence-electron chi connectivity index (χ0n) is 35.7. The number of nitriles is 1. The molecule has 302 valence electrons. The van der Waals surface area contributed by atoms with Crippen LogP contribution in [0.15, 0.2) is 164 Å². The number of rotatable bonds is 6. The van der Waals surface area contributed by atoms with Crippen LogP contribution >= 0.6 is 0 Å². The van der Waals surface area contributed by atoms with Gasteiger partial charge in [-0.25, -0.2) is 19.8 Å². The van der Waals surface area contributed by atoms with Crippen LogP contribution in [0.1, 0.15) is 27.8 Å². The minimum atomic E-state index is 0.445. The van der Waals surface area contributed by atoms with Crippen LogP contribution in [0, 0.1) is 45.6 Å². The molecule has 0 aliphatic rings. The van der Waals surface area contributed by atoms with Crippen LogP contribution in [-0.2, 0) is 0 Å². The van der Waals surface area contributed by atoms with Gasteiger partial charge in [0.1, 0.15) is 6.07 Å². The van der Waals surface area contributed by atoms with Crippen molar-refractivity contribution in [1.29, 1.82) is 5.26 Å². The fourth-order valence-corrected chi connectivity index (χ4v) is 9.22. The van der Waals surface area contributed by atoms with Crippen LogP contribution in [0.5, 0.6) is 0 Å². The number of hydrogen-bond donors (Lipinski definition) is 0. The van der Waals surface area contributed by atoms with Gasteiger partial charge in [-0.3, -0.25) is 0 Å². The lowest BCUT2D eigenvalue weighted by Gasteiger charge is -2.17. The van der Waals surface area contributed by atoms with Crippen molar-refractivity contribution in [2.75, 3.05) is 0 Å². The highest BCUT2D eigenvalue weighted by molar-refractivity contribution is 6.11. The van der Waals surface area contributed by atoms with Crippen LogP contribution < -0.4 is 0 Å². The van der Waals surface area contributed by atoms with Crippen molar-refractivity contribution in [3.05, 3.63) is 203 Å². The first-order chi connectivity index (χ1) is 31.3. The lowest BCUT2D eigenvalue weighted by atomic mass is 9.98. The van der Waals surface area contributed by atoms with Gasteiger partial charge < -0.3 is 9.13 Å². The van der Waals surface area contributed by atoms with E-state index in [1.165, 1.54) is 33.0 Å². The summed E-state index contributed by atoms with van der Waals surface area (Å²) in [4.78, 5) is 19.3. The third-order valence-corrected chi connectivity index (χ3v) is 12.2. The molecule has 0 atom stereocenters. The van der Waals surface area contributed by atoms with Crippen molar-refractivity contribution in [3.8, 4) is 62.7 Å². The van der Waals surface area contributed by atoms with Crippen molar-refractivity contribution < 1.29 is 0 Å². The van der Waals surface area contributed by atoms with Crippen molar-refractivity contribution in [1.82, 2.24) is 24.1 Å². The maximum Gasteiger partial charge on any atom is 0.194 e. The molecule has 7 nitrogen and oxygen atoms in total. The third kappa shape index (κ3) is 6.30. The average molecular weight is 822 g/mol. The molecule has 11 aromatic rings. The Kier molecular flexibility index (Phi) is 9.01. The van der Waals surface area contributed by atoms with Gasteiger partial charge in [0, 0.05) is 38.2 Å². The quantitative estimate of drug-likeness (QED) is 0.157. The summed E-state index contributed by atoms with van der Waals surface area (Å²) in [6.45, 7) is 16.7. The minimum absolute atomic E-state index is 0.445. The van der Waals surface area contributed by atoms with E-state index in [0.29, 0.717) is 34.3 Å². The summed E-state index contributed by atoms with van der Waals surface area (Å²) in [5, 5.41) is 15.4. The highest BCUT2D eigenvalue weighted by atomic mass is 15.0. The van der Waals surface area contributed by atoms with Gasteiger partial charge in [0.2, 0.25) is 0 Å². The van der Waals surface area contributed by atoms with E-state index in [0.717, 1.165) is 66.5 Å². The summed E-state index contributed by atoms with van der Waals surface area (Å²) in [5.41, 5.74) is 15.7. The monoisotopic (exact) mass is 821 g/mol. The van der Waals surface area contributed by atoms with Crippen LogP contribution in [0.3, 0.4) is 0 Å². The SMILES string of the molecule is [C-]#[N+]c1ccccc1-c1cc(-c2nc(-c3ccccc3)nc(-c3ccc(-n4c5ccc(C)cc5c5cc(C)ccc54)c(C#N)c3)n2)ccc1-n1c2ccc(C)cc2c2cc(C)ccc21. The first-order valence-corrected chi connectivity index (χ1v) is 21.3. The molecule has 0 amide bonds. The molecule has 8 aromatic carbocycles. The van der Waals surface area contributed by atoms with Gasteiger partial charge in [-0.2, -0.15) is 5.26 Å². The minimum Gasteiger partial charge on any atom is -0.309 e. The van der Waals surface area contributed by atoms with Crippen molar-refractivity contribution >= 4 is 49.3 Å². The summed E-state index contributed by atoms with van der Waals surface area (Å²) >= 11 is 0. The number of para-hydroxylation sites is 1. The Morgan fingerprint density at radius 2 is 0.875 bits per heavy atom. The second-order valence-electron chi connectivity index (χ2n) is 16.6. The van der Waals surface area contributed by atoms with E-state index in [9.17, 15) is 5.26 Å². The van der Waals surface area contributed by atoms with Crippen LogP contribution in [-0.4, -0.2) is 24.1 Å². The molecule has 0 N–H and O–H groups in total. The molecule has 0 aliphatic carbocycles. The maximum absolute atomic E-state index is 10.8. The largest absolute Gasteiger partial charge is 0.309 e.